The number of hydrogen-bond donors (Lipinski definition) is 1. The minimum absolute atomic E-state index is 0.0181. The second kappa shape index (κ2) is 13.6. The number of amides is 2. The minimum atomic E-state index is -0.627. The van der Waals surface area contributed by atoms with Gasteiger partial charge in [0, 0.05) is 29.6 Å². The summed E-state index contributed by atoms with van der Waals surface area (Å²) in [6.45, 7) is 2.30. The zero-order chi connectivity index (χ0) is 32.3. The van der Waals surface area contributed by atoms with Crippen LogP contribution in [0.3, 0.4) is 0 Å². The first kappa shape index (κ1) is 31.0. The van der Waals surface area contributed by atoms with Gasteiger partial charge in [-0.05, 0) is 58.1 Å². The van der Waals surface area contributed by atoms with E-state index in [1.807, 2.05) is 66.7 Å². The highest BCUT2D eigenvalue weighted by molar-refractivity contribution is 7.99. The molecule has 8 nitrogen and oxygen atoms in total. The van der Waals surface area contributed by atoms with Crippen molar-refractivity contribution in [2.75, 3.05) is 5.75 Å². The first-order chi connectivity index (χ1) is 23.0. The van der Waals surface area contributed by atoms with Crippen molar-refractivity contribution in [3.05, 3.63) is 149 Å². The van der Waals surface area contributed by atoms with Gasteiger partial charge in [-0.3, -0.25) is 14.5 Å². The van der Waals surface area contributed by atoms with Crippen LogP contribution < -0.4 is 0 Å². The molecule has 0 saturated carbocycles. The Balaban J connectivity index is 1.14. The van der Waals surface area contributed by atoms with Gasteiger partial charge >= 0.3 is 0 Å². The molecular formula is C38H33N3O5S. The number of benzene rings is 4. The maximum Gasteiger partial charge on any atom is 0.261 e. The molecule has 1 aromatic heterocycles. The molecule has 0 bridgehead atoms. The molecule has 4 atom stereocenters. The molecule has 0 aliphatic carbocycles. The van der Waals surface area contributed by atoms with Gasteiger partial charge in [0.05, 0.1) is 36.5 Å². The van der Waals surface area contributed by atoms with E-state index in [1.54, 1.807) is 54.5 Å². The van der Waals surface area contributed by atoms with E-state index in [9.17, 15) is 14.7 Å². The van der Waals surface area contributed by atoms with Crippen LogP contribution >= 0.6 is 11.8 Å². The molecule has 4 aromatic carbocycles. The number of fused-ring (bicyclic) bond motifs is 1. The number of aromatic nitrogens is 2. The summed E-state index contributed by atoms with van der Waals surface area (Å²) in [4.78, 5) is 36.0. The molecule has 1 N–H and O–H groups in total. The van der Waals surface area contributed by atoms with E-state index in [2.05, 4.69) is 23.0 Å². The smallest absolute Gasteiger partial charge is 0.261 e. The van der Waals surface area contributed by atoms with Crippen LogP contribution in [0.1, 0.15) is 62.3 Å². The van der Waals surface area contributed by atoms with Crippen LogP contribution in [0.4, 0.5) is 0 Å². The van der Waals surface area contributed by atoms with E-state index in [1.165, 1.54) is 4.90 Å². The number of nitrogens with zero attached hydrogens (tertiary/aromatic N) is 3. The van der Waals surface area contributed by atoms with Crippen molar-refractivity contribution in [3.8, 4) is 11.1 Å². The molecule has 1 saturated heterocycles. The minimum Gasteiger partial charge on any atom is -0.392 e. The van der Waals surface area contributed by atoms with Crippen LogP contribution in [0, 0.1) is 5.92 Å². The highest BCUT2D eigenvalue weighted by Gasteiger charge is 2.39. The van der Waals surface area contributed by atoms with Crippen LogP contribution in [0.5, 0.6) is 0 Å². The Labute approximate surface area is 277 Å². The molecule has 3 heterocycles. The van der Waals surface area contributed by atoms with E-state index in [-0.39, 0.29) is 43.1 Å². The second-order valence-electron chi connectivity index (χ2n) is 11.7. The lowest BCUT2D eigenvalue weighted by atomic mass is 9.91. The largest absolute Gasteiger partial charge is 0.392 e. The monoisotopic (exact) mass is 643 g/mol. The molecule has 1 fully saturated rings. The number of imide groups is 1. The lowest BCUT2D eigenvalue weighted by molar-refractivity contribution is -0.268. The topological polar surface area (TPSA) is 102 Å². The standard InChI is InChI=1S/C38H33N3O5S/c1-24-33(23-47-38-39-17-6-18-40-38)45-37(46-34(24)27-15-13-25(22-42)14-16-27)30-10-5-9-29(20-30)28-8-4-7-26(19-28)21-41-35(43)31-11-2-3-12-32(31)36(41)44/h2-20,24,33-34,37,42H,21-23H2,1H3/t24-,33+,34+,37+/m0/s1. The van der Waals surface area contributed by atoms with E-state index in [0.29, 0.717) is 22.0 Å². The maximum absolute atomic E-state index is 13.0. The Morgan fingerprint density at radius 2 is 1.43 bits per heavy atom. The van der Waals surface area contributed by atoms with Gasteiger partial charge in [0.25, 0.3) is 11.8 Å². The number of aliphatic hydroxyl groups excluding tert-OH is 1. The molecule has 2 aliphatic heterocycles. The molecule has 0 spiro atoms. The predicted molar refractivity (Wildman–Crippen MR) is 178 cm³/mol. The third kappa shape index (κ3) is 6.48. The highest BCUT2D eigenvalue weighted by atomic mass is 32.2. The molecule has 9 heteroatoms. The Bertz CT molecular complexity index is 1870. The summed E-state index contributed by atoms with van der Waals surface area (Å²) in [5.41, 5.74) is 6.40. The number of carbonyl (C=O) groups excluding carboxylic acids is 2. The van der Waals surface area contributed by atoms with Crippen molar-refractivity contribution in [1.29, 1.82) is 0 Å². The van der Waals surface area contributed by atoms with Crippen LogP contribution in [-0.2, 0) is 22.6 Å². The zero-order valence-electron chi connectivity index (χ0n) is 25.7. The predicted octanol–water partition coefficient (Wildman–Crippen LogP) is 7.02. The summed E-state index contributed by atoms with van der Waals surface area (Å²) in [7, 11) is 0. The molecule has 47 heavy (non-hydrogen) atoms. The zero-order valence-corrected chi connectivity index (χ0v) is 26.5. The fourth-order valence-electron chi connectivity index (χ4n) is 6.11. The van der Waals surface area contributed by atoms with Crippen molar-refractivity contribution in [2.45, 2.75) is 43.7 Å². The van der Waals surface area contributed by atoms with Crippen LogP contribution in [0.2, 0.25) is 0 Å². The van der Waals surface area contributed by atoms with Crippen molar-refractivity contribution >= 4 is 23.6 Å². The number of carbonyl (C=O) groups is 2. The molecule has 236 valence electrons. The third-order valence-electron chi connectivity index (χ3n) is 8.68. The van der Waals surface area contributed by atoms with Gasteiger partial charge in [0.2, 0.25) is 0 Å². The summed E-state index contributed by atoms with van der Waals surface area (Å²) in [6.07, 6.45) is 2.45. The normalized spacial score (nSPS) is 20.8. The van der Waals surface area contributed by atoms with E-state index in [0.717, 1.165) is 33.4 Å². The molecule has 2 amide bonds. The van der Waals surface area contributed by atoms with Gasteiger partial charge in [-0.2, -0.15) is 0 Å². The number of hydrogen-bond acceptors (Lipinski definition) is 8. The number of ether oxygens (including phenoxy) is 2. The third-order valence-corrected chi connectivity index (χ3v) is 9.64. The van der Waals surface area contributed by atoms with E-state index < -0.39 is 6.29 Å². The molecule has 0 unspecified atom stereocenters. The lowest BCUT2D eigenvalue weighted by Crippen LogP contribution is -2.38. The van der Waals surface area contributed by atoms with Crippen LogP contribution in [-0.4, -0.2) is 43.6 Å². The van der Waals surface area contributed by atoms with Gasteiger partial charge in [0.15, 0.2) is 11.4 Å². The molecule has 7 rings (SSSR count). The summed E-state index contributed by atoms with van der Waals surface area (Å²) >= 11 is 1.55. The van der Waals surface area contributed by atoms with Gasteiger partial charge < -0.3 is 14.6 Å². The summed E-state index contributed by atoms with van der Waals surface area (Å²) in [5.74, 6) is 0.136. The van der Waals surface area contributed by atoms with E-state index >= 15 is 0 Å². The fraction of sp³-hybridized carbons (Fsp3) is 0.211. The van der Waals surface area contributed by atoms with Crippen molar-refractivity contribution in [3.63, 3.8) is 0 Å². The Hall–Kier alpha value is -4.67. The molecular weight excluding hydrogens is 611 g/mol. The van der Waals surface area contributed by atoms with Crippen molar-refractivity contribution in [2.24, 2.45) is 5.92 Å². The first-order valence-electron chi connectivity index (χ1n) is 15.5. The second-order valence-corrected chi connectivity index (χ2v) is 12.7. The average Bonchev–Trinajstić information content (AvgIpc) is 3.36. The quantitative estimate of drug-likeness (QED) is 0.104. The van der Waals surface area contributed by atoms with Gasteiger partial charge in [-0.1, -0.05) is 91.5 Å². The number of thioether (sulfide) groups is 1. The Kier molecular flexibility index (Phi) is 8.95. The SMILES string of the molecule is C[C@H]1[C@@H](CSc2ncccn2)O[C@@H](c2cccc(-c3cccc(CN4C(=O)c5ccccc5C4=O)c3)c2)O[C@H]1c1ccc(CO)cc1. The van der Waals surface area contributed by atoms with Crippen molar-refractivity contribution in [1.82, 2.24) is 14.9 Å². The van der Waals surface area contributed by atoms with Crippen LogP contribution in [0.25, 0.3) is 11.1 Å². The average molecular weight is 644 g/mol. The lowest BCUT2D eigenvalue weighted by Gasteiger charge is -2.41. The molecule has 0 radical (unpaired) electrons. The Morgan fingerprint density at radius 1 is 0.745 bits per heavy atom. The molecule has 5 aromatic rings. The van der Waals surface area contributed by atoms with Gasteiger partial charge in [0.1, 0.15) is 0 Å². The fourth-order valence-corrected chi connectivity index (χ4v) is 7.07. The van der Waals surface area contributed by atoms with Crippen LogP contribution in [0.15, 0.2) is 121 Å². The Morgan fingerprint density at radius 3 is 2.13 bits per heavy atom. The molecule has 2 aliphatic rings. The number of aliphatic hydroxyl groups is 1. The van der Waals surface area contributed by atoms with Gasteiger partial charge in [-0.25, -0.2) is 9.97 Å². The van der Waals surface area contributed by atoms with Crippen molar-refractivity contribution < 1.29 is 24.2 Å². The summed E-state index contributed by atoms with van der Waals surface area (Å²) in [6, 6.07) is 32.6. The maximum atomic E-state index is 13.0. The number of rotatable bonds is 9. The summed E-state index contributed by atoms with van der Waals surface area (Å²) < 4.78 is 13.3. The highest BCUT2D eigenvalue weighted by Crippen LogP contribution is 2.43. The first-order valence-corrected chi connectivity index (χ1v) is 16.5. The summed E-state index contributed by atoms with van der Waals surface area (Å²) in [5, 5.41) is 10.3. The van der Waals surface area contributed by atoms with Gasteiger partial charge in [-0.15, -0.1) is 0 Å². The van der Waals surface area contributed by atoms with E-state index in [4.69, 9.17) is 9.47 Å².